The Morgan fingerprint density at radius 1 is 1.15 bits per heavy atom. The second-order valence-electron chi connectivity index (χ2n) is 6.26. The second kappa shape index (κ2) is 7.80. The molecule has 2 aromatic carbocycles. The molecule has 0 saturated heterocycles. The van der Waals surface area contributed by atoms with Crippen LogP contribution in [0.5, 0.6) is 11.5 Å². The van der Waals surface area contributed by atoms with Crippen molar-refractivity contribution in [3.63, 3.8) is 0 Å². The number of ether oxygens (including phenoxy) is 2. The van der Waals surface area contributed by atoms with Gasteiger partial charge in [0.1, 0.15) is 13.2 Å². The van der Waals surface area contributed by atoms with Gasteiger partial charge in [0.15, 0.2) is 16.6 Å². The lowest BCUT2D eigenvalue weighted by Crippen LogP contribution is -2.20. The summed E-state index contributed by atoms with van der Waals surface area (Å²) in [6.07, 6.45) is 0.732. The molecular formula is C21H20N2O3S. The molecule has 0 radical (unpaired) electrons. The minimum atomic E-state index is -0.187. The van der Waals surface area contributed by atoms with E-state index in [9.17, 15) is 4.79 Å². The van der Waals surface area contributed by atoms with Crippen molar-refractivity contribution < 1.29 is 14.3 Å². The predicted octanol–water partition coefficient (Wildman–Crippen LogP) is 4.71. The summed E-state index contributed by atoms with van der Waals surface area (Å²) in [7, 11) is 0. The summed E-state index contributed by atoms with van der Waals surface area (Å²) in [5.41, 5.74) is 2.76. The highest BCUT2D eigenvalue weighted by Gasteiger charge is 2.20. The van der Waals surface area contributed by atoms with Gasteiger partial charge in [-0.2, -0.15) is 0 Å². The van der Waals surface area contributed by atoms with Crippen molar-refractivity contribution in [2.75, 3.05) is 18.5 Å². The maximum atomic E-state index is 12.7. The van der Waals surface area contributed by atoms with Crippen LogP contribution in [-0.2, 0) is 4.79 Å². The van der Waals surface area contributed by atoms with Crippen LogP contribution in [0.3, 0.4) is 0 Å². The Kier molecular flexibility index (Phi) is 5.07. The van der Waals surface area contributed by atoms with Crippen molar-refractivity contribution >= 4 is 22.4 Å². The molecule has 0 bridgehead atoms. The van der Waals surface area contributed by atoms with Crippen LogP contribution in [0, 0.1) is 0 Å². The Morgan fingerprint density at radius 3 is 2.70 bits per heavy atom. The first-order valence-corrected chi connectivity index (χ1v) is 9.84. The molecule has 0 aliphatic carbocycles. The maximum absolute atomic E-state index is 12.7. The van der Waals surface area contributed by atoms with Crippen LogP contribution >= 0.6 is 11.3 Å². The molecule has 5 nitrogen and oxygen atoms in total. The topological polar surface area (TPSA) is 60.5 Å². The van der Waals surface area contributed by atoms with Gasteiger partial charge in [-0.3, -0.25) is 4.79 Å². The van der Waals surface area contributed by atoms with E-state index in [0.29, 0.717) is 18.3 Å². The van der Waals surface area contributed by atoms with Crippen LogP contribution in [0.1, 0.15) is 24.8 Å². The largest absolute Gasteiger partial charge is 0.486 e. The lowest BCUT2D eigenvalue weighted by molar-refractivity contribution is -0.117. The number of thiazole rings is 1. The van der Waals surface area contributed by atoms with Crippen LogP contribution in [0.4, 0.5) is 5.13 Å². The smallest absolute Gasteiger partial charge is 0.233 e. The van der Waals surface area contributed by atoms with E-state index in [1.807, 2.05) is 60.8 Å². The van der Waals surface area contributed by atoms with E-state index in [4.69, 9.17) is 9.47 Å². The van der Waals surface area contributed by atoms with E-state index >= 15 is 0 Å². The minimum Gasteiger partial charge on any atom is -0.486 e. The molecule has 0 fully saturated rings. The molecular weight excluding hydrogens is 360 g/mol. The summed E-state index contributed by atoms with van der Waals surface area (Å²) < 4.78 is 11.2. The molecule has 27 heavy (non-hydrogen) atoms. The lowest BCUT2D eigenvalue weighted by Gasteiger charge is -2.18. The Labute approximate surface area is 162 Å². The molecule has 4 rings (SSSR count). The van der Waals surface area contributed by atoms with E-state index in [1.54, 1.807) is 0 Å². The Balaban J connectivity index is 1.50. The molecule has 2 heterocycles. The molecule has 1 aromatic heterocycles. The monoisotopic (exact) mass is 380 g/mol. The molecule has 1 N–H and O–H groups in total. The molecule has 0 spiro atoms. The molecule has 3 aromatic rings. The highest BCUT2D eigenvalue weighted by molar-refractivity contribution is 7.14. The number of amides is 1. The van der Waals surface area contributed by atoms with E-state index in [2.05, 4.69) is 10.3 Å². The van der Waals surface area contributed by atoms with Gasteiger partial charge in [0.05, 0.1) is 11.6 Å². The molecule has 1 aliphatic heterocycles. The highest BCUT2D eigenvalue weighted by Crippen LogP contribution is 2.35. The highest BCUT2D eigenvalue weighted by atomic mass is 32.1. The number of fused-ring (bicyclic) bond motifs is 1. The lowest BCUT2D eigenvalue weighted by atomic mass is 9.96. The number of nitrogens with zero attached hydrogens (tertiary/aromatic N) is 1. The number of rotatable bonds is 5. The summed E-state index contributed by atoms with van der Waals surface area (Å²) in [5, 5.41) is 5.49. The van der Waals surface area contributed by atoms with Crippen molar-refractivity contribution in [1.82, 2.24) is 4.98 Å². The average molecular weight is 380 g/mol. The molecule has 1 unspecified atom stereocenters. The van der Waals surface area contributed by atoms with Gasteiger partial charge < -0.3 is 14.8 Å². The van der Waals surface area contributed by atoms with Crippen LogP contribution in [0.2, 0.25) is 0 Å². The van der Waals surface area contributed by atoms with E-state index < -0.39 is 0 Å². The quantitative estimate of drug-likeness (QED) is 0.696. The molecule has 1 amide bonds. The number of hydrogen-bond acceptors (Lipinski definition) is 5. The normalized spacial score (nSPS) is 13.8. The minimum absolute atomic E-state index is 0.0354. The first-order chi connectivity index (χ1) is 13.2. The van der Waals surface area contributed by atoms with Gasteiger partial charge in [-0.05, 0) is 30.2 Å². The van der Waals surface area contributed by atoms with Crippen LogP contribution < -0.4 is 14.8 Å². The summed E-state index contributed by atoms with van der Waals surface area (Å²) >= 11 is 1.42. The first-order valence-electron chi connectivity index (χ1n) is 8.96. The van der Waals surface area contributed by atoms with Gasteiger partial charge >= 0.3 is 0 Å². The fraction of sp³-hybridized carbons (Fsp3) is 0.238. The SMILES string of the molecule is CCC(C(=O)Nc1nc(-c2ccc3c(c2)OCCO3)cs1)c1ccccc1. The van der Waals surface area contributed by atoms with E-state index in [0.717, 1.165) is 34.7 Å². The molecule has 0 saturated carbocycles. The number of carbonyl (C=O) groups is 1. The summed E-state index contributed by atoms with van der Waals surface area (Å²) in [4.78, 5) is 17.3. The van der Waals surface area contributed by atoms with Crippen molar-refractivity contribution in [3.05, 3.63) is 59.5 Å². The van der Waals surface area contributed by atoms with Crippen molar-refractivity contribution in [3.8, 4) is 22.8 Å². The third kappa shape index (κ3) is 3.80. The van der Waals surface area contributed by atoms with Crippen molar-refractivity contribution in [2.24, 2.45) is 0 Å². The Bertz CT molecular complexity index is 940. The number of carbonyl (C=O) groups excluding carboxylic acids is 1. The Morgan fingerprint density at radius 2 is 1.93 bits per heavy atom. The average Bonchev–Trinajstić information content (AvgIpc) is 3.17. The zero-order valence-corrected chi connectivity index (χ0v) is 15.8. The molecule has 1 atom stereocenters. The predicted molar refractivity (Wildman–Crippen MR) is 107 cm³/mol. The third-order valence-electron chi connectivity index (χ3n) is 4.50. The zero-order chi connectivity index (χ0) is 18.6. The number of anilines is 1. The van der Waals surface area contributed by atoms with Crippen molar-refractivity contribution in [1.29, 1.82) is 0 Å². The van der Waals surface area contributed by atoms with E-state index in [1.165, 1.54) is 11.3 Å². The second-order valence-corrected chi connectivity index (χ2v) is 7.12. The maximum Gasteiger partial charge on any atom is 0.233 e. The van der Waals surface area contributed by atoms with Gasteiger partial charge in [0, 0.05) is 10.9 Å². The number of benzene rings is 2. The molecule has 138 valence electrons. The standard InChI is InChI=1S/C21H20N2O3S/c1-2-16(14-6-4-3-5-7-14)20(24)23-21-22-17(13-27-21)15-8-9-18-19(12-15)26-11-10-25-18/h3-9,12-13,16H,2,10-11H2,1H3,(H,22,23,24). The van der Waals surface area contributed by atoms with E-state index in [-0.39, 0.29) is 11.8 Å². The number of aromatic nitrogens is 1. The van der Waals surface area contributed by atoms with Crippen molar-refractivity contribution in [2.45, 2.75) is 19.3 Å². The van der Waals surface area contributed by atoms with Gasteiger partial charge in [-0.1, -0.05) is 37.3 Å². The Hall–Kier alpha value is -2.86. The number of nitrogens with one attached hydrogen (secondary N) is 1. The van der Waals surface area contributed by atoms with Crippen LogP contribution in [-0.4, -0.2) is 24.1 Å². The summed E-state index contributed by atoms with van der Waals surface area (Å²) in [6, 6.07) is 15.6. The van der Waals surface area contributed by atoms with Gasteiger partial charge in [0.2, 0.25) is 5.91 Å². The first kappa shape index (κ1) is 17.5. The van der Waals surface area contributed by atoms with Gasteiger partial charge in [-0.25, -0.2) is 4.98 Å². The van der Waals surface area contributed by atoms with Crippen LogP contribution in [0.25, 0.3) is 11.3 Å². The third-order valence-corrected chi connectivity index (χ3v) is 5.26. The number of hydrogen-bond donors (Lipinski definition) is 1. The van der Waals surface area contributed by atoms with Crippen LogP contribution in [0.15, 0.2) is 53.9 Å². The molecule has 1 aliphatic rings. The van der Waals surface area contributed by atoms with Gasteiger partial charge in [0.25, 0.3) is 0 Å². The fourth-order valence-electron chi connectivity index (χ4n) is 3.12. The zero-order valence-electron chi connectivity index (χ0n) is 15.0. The van der Waals surface area contributed by atoms with Gasteiger partial charge in [-0.15, -0.1) is 11.3 Å². The summed E-state index contributed by atoms with van der Waals surface area (Å²) in [6.45, 7) is 3.13. The molecule has 6 heteroatoms. The fourth-order valence-corrected chi connectivity index (χ4v) is 3.84. The summed E-state index contributed by atoms with van der Waals surface area (Å²) in [5.74, 6) is 1.26.